The van der Waals surface area contributed by atoms with Gasteiger partial charge in [-0.05, 0) is 59.5 Å². The molecule has 0 spiro atoms. The van der Waals surface area contributed by atoms with Crippen molar-refractivity contribution < 1.29 is 0 Å². The van der Waals surface area contributed by atoms with E-state index in [1.165, 1.54) is 16.7 Å². The molecule has 0 radical (unpaired) electrons. The lowest BCUT2D eigenvalue weighted by Crippen LogP contribution is -2.46. The fourth-order valence-corrected chi connectivity index (χ4v) is 6.49. The van der Waals surface area contributed by atoms with E-state index in [0.29, 0.717) is 29.1 Å². The Balaban J connectivity index is 1.55. The second kappa shape index (κ2) is 17.2. The van der Waals surface area contributed by atoms with Crippen LogP contribution in [0.5, 0.6) is 0 Å². The summed E-state index contributed by atoms with van der Waals surface area (Å²) in [5.74, 6) is 2.26. The van der Waals surface area contributed by atoms with Gasteiger partial charge in [-0.3, -0.25) is 9.80 Å². The van der Waals surface area contributed by atoms with E-state index in [0.717, 1.165) is 70.2 Å². The summed E-state index contributed by atoms with van der Waals surface area (Å²) in [4.78, 5) is 9.54. The zero-order valence-corrected chi connectivity index (χ0v) is 27.0. The van der Waals surface area contributed by atoms with Gasteiger partial charge in [0.05, 0.1) is 17.8 Å². The van der Waals surface area contributed by atoms with E-state index >= 15 is 0 Å². The normalized spacial score (nSPS) is 14.5. The molecule has 224 valence electrons. The molecule has 5 nitrogen and oxygen atoms in total. The van der Waals surface area contributed by atoms with Crippen molar-refractivity contribution in [3.63, 3.8) is 0 Å². The van der Waals surface area contributed by atoms with Gasteiger partial charge in [0.15, 0.2) is 0 Å². The maximum atomic E-state index is 9.38. The molecule has 0 aromatic heterocycles. The second-order valence-corrected chi connectivity index (χ2v) is 12.0. The molecule has 4 rings (SSSR count). The Hall–Kier alpha value is -2.17. The van der Waals surface area contributed by atoms with Crippen molar-refractivity contribution in [2.75, 3.05) is 72.6 Å². The summed E-state index contributed by atoms with van der Waals surface area (Å²) in [5.41, 5.74) is 6.69. The second-order valence-electron chi connectivity index (χ2n) is 10.5. The van der Waals surface area contributed by atoms with Crippen molar-refractivity contribution >= 4 is 57.8 Å². The van der Waals surface area contributed by atoms with Gasteiger partial charge in [-0.2, -0.15) is 5.26 Å². The fourth-order valence-electron chi connectivity index (χ4n) is 5.68. The molecule has 1 aliphatic heterocycles. The van der Waals surface area contributed by atoms with Crippen molar-refractivity contribution in [1.29, 1.82) is 5.26 Å². The number of anilines is 2. The van der Waals surface area contributed by atoms with Crippen LogP contribution >= 0.6 is 46.4 Å². The van der Waals surface area contributed by atoms with Gasteiger partial charge < -0.3 is 9.80 Å². The van der Waals surface area contributed by atoms with Crippen molar-refractivity contribution in [3.05, 3.63) is 95.1 Å². The van der Waals surface area contributed by atoms with Gasteiger partial charge in [-0.1, -0.05) is 36.4 Å². The number of rotatable bonds is 15. The van der Waals surface area contributed by atoms with Crippen LogP contribution in [-0.4, -0.2) is 72.6 Å². The summed E-state index contributed by atoms with van der Waals surface area (Å²) in [6.07, 6.45) is 1.18. The predicted molar refractivity (Wildman–Crippen MR) is 180 cm³/mol. The lowest BCUT2D eigenvalue weighted by molar-refractivity contribution is -0.00908. The van der Waals surface area contributed by atoms with E-state index in [1.54, 1.807) is 0 Å². The molecule has 0 saturated carbocycles. The Morgan fingerprint density at radius 1 is 0.619 bits per heavy atom. The third kappa shape index (κ3) is 8.92. The summed E-state index contributed by atoms with van der Waals surface area (Å²) < 4.78 is 0. The summed E-state index contributed by atoms with van der Waals surface area (Å²) in [6, 6.07) is 27.9. The fraction of sp³-hybridized carbons (Fsp3) is 0.424. The molecule has 0 aliphatic carbocycles. The molecule has 3 aromatic rings. The molecule has 1 saturated heterocycles. The van der Waals surface area contributed by atoms with Crippen molar-refractivity contribution in [3.8, 4) is 6.07 Å². The van der Waals surface area contributed by atoms with Crippen LogP contribution < -0.4 is 9.80 Å². The summed E-state index contributed by atoms with van der Waals surface area (Å²) in [6.45, 7) is 6.74. The van der Waals surface area contributed by atoms with Gasteiger partial charge in [0.25, 0.3) is 0 Å². The minimum atomic E-state index is 0.0961. The molecule has 9 heteroatoms. The number of benzene rings is 3. The lowest BCUT2D eigenvalue weighted by atomic mass is 10.0. The first kappa shape index (κ1) is 32.7. The first-order valence-corrected chi connectivity index (χ1v) is 16.6. The van der Waals surface area contributed by atoms with Crippen LogP contribution in [0.3, 0.4) is 0 Å². The molecular formula is C33H39Cl4N5. The molecule has 42 heavy (non-hydrogen) atoms. The Morgan fingerprint density at radius 3 is 1.38 bits per heavy atom. The zero-order valence-electron chi connectivity index (χ0n) is 23.9. The van der Waals surface area contributed by atoms with Gasteiger partial charge in [0.2, 0.25) is 0 Å². The molecule has 1 heterocycles. The minimum absolute atomic E-state index is 0.0961. The molecule has 0 N–H and O–H groups in total. The van der Waals surface area contributed by atoms with Crippen LogP contribution in [0.1, 0.15) is 34.8 Å². The largest absolute Gasteiger partial charge is 0.369 e. The third-order valence-electron chi connectivity index (χ3n) is 7.71. The number of nitriles is 1. The van der Waals surface area contributed by atoms with Gasteiger partial charge >= 0.3 is 0 Å². The summed E-state index contributed by atoms with van der Waals surface area (Å²) in [7, 11) is 0. The van der Waals surface area contributed by atoms with Crippen LogP contribution in [-0.2, 0) is 13.1 Å². The predicted octanol–water partition coefficient (Wildman–Crippen LogP) is 7.53. The summed E-state index contributed by atoms with van der Waals surface area (Å²) >= 11 is 24.1. The molecule has 0 unspecified atom stereocenters. The van der Waals surface area contributed by atoms with Gasteiger partial charge in [-0.25, -0.2) is 0 Å². The number of nitrogens with zero attached hydrogens (tertiary/aromatic N) is 5. The molecule has 0 atom stereocenters. The van der Waals surface area contributed by atoms with Crippen molar-refractivity contribution in [2.24, 2.45) is 0 Å². The zero-order chi connectivity index (χ0) is 29.7. The Bertz CT molecular complexity index is 1170. The van der Waals surface area contributed by atoms with Crippen LogP contribution in [0, 0.1) is 11.3 Å². The summed E-state index contributed by atoms with van der Waals surface area (Å²) in [5, 5.41) is 9.38. The molecule has 0 amide bonds. The number of hydrogen-bond donors (Lipinski definition) is 0. The maximum Gasteiger partial charge on any atom is 0.0991 e. The quantitative estimate of drug-likeness (QED) is 0.160. The molecule has 1 fully saturated rings. The monoisotopic (exact) mass is 645 g/mol. The van der Waals surface area contributed by atoms with E-state index in [-0.39, 0.29) is 6.17 Å². The van der Waals surface area contributed by atoms with Crippen LogP contribution in [0.15, 0.2) is 72.8 Å². The van der Waals surface area contributed by atoms with E-state index in [4.69, 9.17) is 46.4 Å². The first-order valence-electron chi connectivity index (χ1n) is 14.5. The third-order valence-corrected chi connectivity index (χ3v) is 8.39. The number of halogens is 4. The topological polar surface area (TPSA) is 36.8 Å². The number of alkyl halides is 4. The van der Waals surface area contributed by atoms with Gasteiger partial charge in [-0.15, -0.1) is 46.4 Å². The molecule has 3 aromatic carbocycles. The maximum absolute atomic E-state index is 9.38. The first-order chi connectivity index (χ1) is 20.6. The average molecular weight is 648 g/mol. The average Bonchev–Trinajstić information content (AvgIpc) is 3.02. The van der Waals surface area contributed by atoms with E-state index in [9.17, 15) is 5.26 Å². The standard InChI is InChI=1S/C33H39Cl4N5/c34-14-20-39(21-15-35)31-10-4-28(5-11-31)25-41-18-1-19-42(33(41)30-8-2-27(24-38)3-9-30)26-29-6-12-32(13-7-29)40(22-16-36)23-17-37/h2-13,33H,1,14-23,25-26H2. The molecular weight excluding hydrogens is 608 g/mol. The Labute approximate surface area is 271 Å². The van der Waals surface area contributed by atoms with Crippen molar-refractivity contribution in [2.45, 2.75) is 25.7 Å². The van der Waals surface area contributed by atoms with Crippen LogP contribution in [0.25, 0.3) is 0 Å². The highest BCUT2D eigenvalue weighted by Gasteiger charge is 2.31. The van der Waals surface area contributed by atoms with Crippen LogP contribution in [0.4, 0.5) is 11.4 Å². The highest BCUT2D eigenvalue weighted by molar-refractivity contribution is 6.19. The number of hydrogen-bond acceptors (Lipinski definition) is 5. The minimum Gasteiger partial charge on any atom is -0.369 e. The Kier molecular flexibility index (Phi) is 13.4. The highest BCUT2D eigenvalue weighted by atomic mass is 35.5. The van der Waals surface area contributed by atoms with Gasteiger partial charge in [0.1, 0.15) is 0 Å². The smallest absolute Gasteiger partial charge is 0.0991 e. The lowest BCUT2D eigenvalue weighted by Gasteiger charge is -2.44. The van der Waals surface area contributed by atoms with Crippen LogP contribution in [0.2, 0.25) is 0 Å². The SMILES string of the molecule is N#Cc1ccc(C2N(Cc3ccc(N(CCCl)CCCl)cc3)CCCN2Cc2ccc(N(CCCl)CCCl)cc2)cc1. The van der Waals surface area contributed by atoms with Gasteiger partial charge in [0, 0.05) is 87.3 Å². The van der Waals surface area contributed by atoms with E-state index in [1.807, 2.05) is 12.1 Å². The molecule has 1 aliphatic rings. The van der Waals surface area contributed by atoms with Crippen molar-refractivity contribution in [1.82, 2.24) is 9.80 Å². The van der Waals surface area contributed by atoms with E-state index < -0.39 is 0 Å². The molecule has 0 bridgehead atoms. The Morgan fingerprint density at radius 2 is 1.02 bits per heavy atom. The van der Waals surface area contributed by atoms with E-state index in [2.05, 4.69) is 86.3 Å². The highest BCUT2D eigenvalue weighted by Crippen LogP contribution is 2.33.